The summed E-state index contributed by atoms with van der Waals surface area (Å²) in [6, 6.07) is 8.99. The minimum Gasteiger partial charge on any atom is -0.354 e. The second kappa shape index (κ2) is 6.28. The smallest absolute Gasteiger partial charge is 0.185 e. The van der Waals surface area contributed by atoms with Gasteiger partial charge in [-0.05, 0) is 30.3 Å². The minimum absolute atomic E-state index is 0.0124. The van der Waals surface area contributed by atoms with Gasteiger partial charge in [0.2, 0.25) is 0 Å². The van der Waals surface area contributed by atoms with Crippen LogP contribution in [0.25, 0.3) is 17.0 Å². The number of Topliss-reactive ketones (excluding diaryl/α,β-unsaturated/α-hetero) is 1. The van der Waals surface area contributed by atoms with Gasteiger partial charge in [-0.1, -0.05) is 30.1 Å². The van der Waals surface area contributed by atoms with Crippen LogP contribution in [-0.2, 0) is 4.79 Å². The van der Waals surface area contributed by atoms with Gasteiger partial charge >= 0.3 is 0 Å². The monoisotopic (exact) mass is 375 g/mol. The number of nitrogens with zero attached hydrogens (tertiary/aromatic N) is 5. The Balaban J connectivity index is 1.76. The Labute approximate surface area is 154 Å². The summed E-state index contributed by atoms with van der Waals surface area (Å²) in [5.74, 6) is 1.68. The number of fused-ring (bicyclic) bond motifs is 1. The van der Waals surface area contributed by atoms with Crippen molar-refractivity contribution in [3.05, 3.63) is 40.4 Å². The molecule has 0 aliphatic carbocycles. The first-order chi connectivity index (χ1) is 12.0. The third-order valence-corrected chi connectivity index (χ3v) is 4.80. The van der Waals surface area contributed by atoms with Gasteiger partial charge in [-0.2, -0.15) is 4.52 Å². The third-order valence-electron chi connectivity index (χ3n) is 4.37. The van der Waals surface area contributed by atoms with E-state index >= 15 is 0 Å². The molecule has 3 heterocycles. The predicted octanol–water partition coefficient (Wildman–Crippen LogP) is 3.51. The highest BCUT2D eigenvalue weighted by Crippen LogP contribution is 2.27. The van der Waals surface area contributed by atoms with E-state index in [-0.39, 0.29) is 5.92 Å². The van der Waals surface area contributed by atoms with Crippen LogP contribution < -0.4 is 4.90 Å². The van der Waals surface area contributed by atoms with Gasteiger partial charge in [-0.15, -0.1) is 15.3 Å². The Morgan fingerprint density at radius 2 is 1.88 bits per heavy atom. The molecule has 0 amide bonds. The van der Waals surface area contributed by atoms with Crippen molar-refractivity contribution in [1.29, 1.82) is 0 Å². The molecule has 25 heavy (non-hydrogen) atoms. The molecule has 1 atom stereocenters. The van der Waals surface area contributed by atoms with Gasteiger partial charge in [0, 0.05) is 41.0 Å². The number of aromatic nitrogens is 4. The lowest BCUT2D eigenvalue weighted by molar-refractivity contribution is -0.122. The van der Waals surface area contributed by atoms with E-state index in [4.69, 9.17) is 23.2 Å². The lowest BCUT2D eigenvalue weighted by Gasteiger charge is -2.30. The molecule has 4 rings (SSSR count). The first-order valence-corrected chi connectivity index (χ1v) is 8.73. The van der Waals surface area contributed by atoms with E-state index in [0.29, 0.717) is 46.8 Å². The van der Waals surface area contributed by atoms with Crippen molar-refractivity contribution >= 4 is 40.5 Å². The average molecular weight is 376 g/mol. The Hall–Kier alpha value is -2.18. The molecule has 0 radical (unpaired) electrons. The molecule has 1 unspecified atom stereocenters. The number of hydrogen-bond acceptors (Lipinski definition) is 5. The molecule has 0 saturated carbocycles. The van der Waals surface area contributed by atoms with Crippen molar-refractivity contribution in [2.75, 3.05) is 18.0 Å². The van der Waals surface area contributed by atoms with Crippen molar-refractivity contribution in [3.63, 3.8) is 0 Å². The van der Waals surface area contributed by atoms with E-state index in [1.54, 1.807) is 22.7 Å². The number of carbonyl (C=O) groups excluding carboxylic acids is 1. The van der Waals surface area contributed by atoms with Crippen LogP contribution in [0.2, 0.25) is 10.0 Å². The number of anilines is 1. The third kappa shape index (κ3) is 3.07. The van der Waals surface area contributed by atoms with Gasteiger partial charge in [-0.3, -0.25) is 4.79 Å². The van der Waals surface area contributed by atoms with Crippen molar-refractivity contribution in [3.8, 4) is 11.4 Å². The van der Waals surface area contributed by atoms with Crippen LogP contribution >= 0.6 is 23.2 Å². The van der Waals surface area contributed by atoms with Gasteiger partial charge in [0.15, 0.2) is 11.5 Å². The van der Waals surface area contributed by atoms with E-state index in [9.17, 15) is 4.79 Å². The summed E-state index contributed by atoms with van der Waals surface area (Å²) >= 11 is 12.2. The second-order valence-corrected chi connectivity index (χ2v) is 7.08. The largest absolute Gasteiger partial charge is 0.354 e. The van der Waals surface area contributed by atoms with Crippen molar-refractivity contribution in [2.45, 2.75) is 13.3 Å². The second-order valence-electron chi connectivity index (χ2n) is 6.21. The van der Waals surface area contributed by atoms with E-state index < -0.39 is 0 Å². The van der Waals surface area contributed by atoms with Crippen LogP contribution in [0.3, 0.4) is 0 Å². The summed E-state index contributed by atoms with van der Waals surface area (Å²) < 4.78 is 1.68. The summed E-state index contributed by atoms with van der Waals surface area (Å²) in [4.78, 5) is 13.9. The normalized spacial score (nSPS) is 18.1. The van der Waals surface area contributed by atoms with E-state index in [1.165, 1.54) is 0 Å². The number of carbonyl (C=O) groups is 1. The zero-order valence-corrected chi connectivity index (χ0v) is 15.0. The fraction of sp³-hybridized carbons (Fsp3) is 0.294. The SMILES string of the molecule is CC1CN(c2ccc3nnc(-c4cc(Cl)cc(Cl)c4)n3n2)CCC1=O. The lowest BCUT2D eigenvalue weighted by atomic mass is 9.99. The Morgan fingerprint density at radius 1 is 1.12 bits per heavy atom. The Morgan fingerprint density at radius 3 is 2.60 bits per heavy atom. The first-order valence-electron chi connectivity index (χ1n) is 7.98. The fourth-order valence-corrected chi connectivity index (χ4v) is 3.56. The zero-order chi connectivity index (χ0) is 17.6. The molecule has 8 heteroatoms. The molecule has 2 aromatic heterocycles. The molecule has 1 aliphatic rings. The van der Waals surface area contributed by atoms with Gasteiger partial charge < -0.3 is 4.90 Å². The highest BCUT2D eigenvalue weighted by Gasteiger charge is 2.25. The summed E-state index contributed by atoms with van der Waals surface area (Å²) in [5.41, 5.74) is 1.38. The molecule has 1 saturated heterocycles. The molecule has 3 aromatic rings. The Bertz CT molecular complexity index is 951. The average Bonchev–Trinajstić information content (AvgIpc) is 2.99. The van der Waals surface area contributed by atoms with Crippen LogP contribution in [0.5, 0.6) is 0 Å². The van der Waals surface area contributed by atoms with Crippen LogP contribution in [0, 0.1) is 5.92 Å². The molecule has 0 N–H and O–H groups in total. The number of hydrogen-bond donors (Lipinski definition) is 0. The van der Waals surface area contributed by atoms with Crippen LogP contribution in [0.15, 0.2) is 30.3 Å². The van der Waals surface area contributed by atoms with Crippen molar-refractivity contribution in [2.24, 2.45) is 5.92 Å². The molecule has 0 bridgehead atoms. The molecule has 0 spiro atoms. The molecular weight excluding hydrogens is 361 g/mol. The first kappa shape index (κ1) is 16.3. The number of ketones is 1. The maximum atomic E-state index is 11.7. The topological polar surface area (TPSA) is 63.4 Å². The maximum absolute atomic E-state index is 11.7. The van der Waals surface area contributed by atoms with Gasteiger partial charge in [0.05, 0.1) is 0 Å². The molecule has 128 valence electrons. The molecule has 1 aliphatic heterocycles. The highest BCUT2D eigenvalue weighted by molar-refractivity contribution is 6.35. The summed E-state index contributed by atoms with van der Waals surface area (Å²) in [5, 5.41) is 14.1. The standard InChI is InChI=1S/C17H15Cl2N5O/c1-10-9-23(5-4-14(10)25)16-3-2-15-20-21-17(24(15)22-16)11-6-12(18)8-13(19)7-11/h2-3,6-8,10H,4-5,9H2,1H3. The van der Waals surface area contributed by atoms with Crippen LogP contribution in [-0.4, -0.2) is 38.7 Å². The number of piperidine rings is 1. The summed E-state index contributed by atoms with van der Waals surface area (Å²) in [7, 11) is 0. The predicted molar refractivity (Wildman–Crippen MR) is 97.2 cm³/mol. The minimum atomic E-state index is 0.0124. The number of halogens is 2. The Kier molecular flexibility index (Phi) is 4.09. The number of benzene rings is 1. The summed E-state index contributed by atoms with van der Waals surface area (Å²) in [6.07, 6.45) is 0.541. The van der Waals surface area contributed by atoms with E-state index in [2.05, 4.69) is 20.2 Å². The maximum Gasteiger partial charge on any atom is 0.185 e. The zero-order valence-electron chi connectivity index (χ0n) is 13.5. The van der Waals surface area contributed by atoms with E-state index in [1.807, 2.05) is 19.1 Å². The quantitative estimate of drug-likeness (QED) is 0.685. The van der Waals surface area contributed by atoms with Crippen LogP contribution in [0.1, 0.15) is 13.3 Å². The molecule has 6 nitrogen and oxygen atoms in total. The van der Waals surface area contributed by atoms with Crippen molar-refractivity contribution in [1.82, 2.24) is 19.8 Å². The van der Waals surface area contributed by atoms with Gasteiger partial charge in [0.25, 0.3) is 0 Å². The van der Waals surface area contributed by atoms with E-state index in [0.717, 1.165) is 11.4 Å². The van der Waals surface area contributed by atoms with Gasteiger partial charge in [-0.25, -0.2) is 0 Å². The molecule has 1 aromatic carbocycles. The molecule has 1 fully saturated rings. The highest BCUT2D eigenvalue weighted by atomic mass is 35.5. The fourth-order valence-electron chi connectivity index (χ4n) is 3.03. The van der Waals surface area contributed by atoms with Gasteiger partial charge in [0.1, 0.15) is 11.6 Å². The number of rotatable bonds is 2. The lowest BCUT2D eigenvalue weighted by Crippen LogP contribution is -2.40. The molecular formula is C17H15Cl2N5O. The van der Waals surface area contributed by atoms with Crippen molar-refractivity contribution < 1.29 is 4.79 Å². The summed E-state index contributed by atoms with van der Waals surface area (Å²) in [6.45, 7) is 3.28. The van der Waals surface area contributed by atoms with Crippen LogP contribution in [0.4, 0.5) is 5.82 Å².